The third kappa shape index (κ3) is 5.98. The van der Waals surface area contributed by atoms with Gasteiger partial charge in [-0.2, -0.15) is 26.3 Å². The van der Waals surface area contributed by atoms with Crippen molar-refractivity contribution in [2.45, 2.75) is 39.2 Å². The lowest BCUT2D eigenvalue weighted by molar-refractivity contribution is -0.280. The molecule has 0 rings (SSSR count). The fourth-order valence-corrected chi connectivity index (χ4v) is 4.51. The molecule has 0 fully saturated rings. The molecule has 0 unspecified atom stereocenters. The molecule has 0 aromatic heterocycles. The Balaban J connectivity index is 5.35. The number of hydrogen-bond donors (Lipinski definition) is 0. The van der Waals surface area contributed by atoms with Crippen LogP contribution < -0.4 is 0 Å². The first-order valence-corrected chi connectivity index (χ1v) is 8.00. The molecule has 0 aromatic carbocycles. The van der Waals surface area contributed by atoms with E-state index in [1.165, 1.54) is 20.8 Å². The normalized spacial score (nSPS) is 14.1. The fourth-order valence-electron chi connectivity index (χ4n) is 1.63. The van der Waals surface area contributed by atoms with Gasteiger partial charge in [0.05, 0.1) is 0 Å². The zero-order valence-electron chi connectivity index (χ0n) is 11.4. The van der Waals surface area contributed by atoms with Crippen molar-refractivity contribution in [1.82, 2.24) is 0 Å². The molecule has 0 atom stereocenters. The monoisotopic (exact) mass is 328 g/mol. The first-order chi connectivity index (χ1) is 9.02. The van der Waals surface area contributed by atoms with Gasteiger partial charge in [0.25, 0.3) is 0 Å². The molecule has 0 aromatic rings. The van der Waals surface area contributed by atoms with E-state index >= 15 is 0 Å². The van der Waals surface area contributed by atoms with Crippen LogP contribution in [0.1, 0.15) is 20.8 Å². The summed E-state index contributed by atoms with van der Waals surface area (Å²) in [6.45, 7) is 4.10. The summed E-state index contributed by atoms with van der Waals surface area (Å²) in [5, 5.41) is 0. The van der Waals surface area contributed by atoms with Crippen LogP contribution in [-0.4, -0.2) is 41.0 Å². The Kier molecular flexibility index (Phi) is 7.50. The van der Waals surface area contributed by atoms with E-state index in [4.69, 9.17) is 13.3 Å². The topological polar surface area (TPSA) is 27.7 Å². The van der Waals surface area contributed by atoms with E-state index < -0.39 is 33.1 Å². The van der Waals surface area contributed by atoms with E-state index in [-0.39, 0.29) is 19.8 Å². The number of halogens is 6. The summed E-state index contributed by atoms with van der Waals surface area (Å²) in [5.74, 6) is -3.52. The lowest BCUT2D eigenvalue weighted by atomic mass is 10.1. The van der Waals surface area contributed by atoms with Crippen molar-refractivity contribution in [3.8, 4) is 0 Å². The fraction of sp³-hybridized carbons (Fsp3) is 1.00. The molecule has 0 heterocycles. The van der Waals surface area contributed by atoms with Crippen molar-refractivity contribution in [2.24, 2.45) is 5.92 Å². The quantitative estimate of drug-likeness (QED) is 0.501. The zero-order valence-corrected chi connectivity index (χ0v) is 12.4. The van der Waals surface area contributed by atoms with Crippen LogP contribution in [0.25, 0.3) is 0 Å². The Morgan fingerprint density at radius 3 is 1.25 bits per heavy atom. The standard InChI is InChI=1S/C10H18F6O3Si/c1-4-17-20(18-5-2,19-6-3)7-8(9(11,12)13)10(14,15)16/h8H,4-7H2,1-3H3. The van der Waals surface area contributed by atoms with Gasteiger partial charge in [-0.15, -0.1) is 0 Å². The Morgan fingerprint density at radius 1 is 0.750 bits per heavy atom. The minimum atomic E-state index is -5.43. The third-order valence-corrected chi connectivity index (χ3v) is 5.43. The molecule has 3 nitrogen and oxygen atoms in total. The van der Waals surface area contributed by atoms with Crippen LogP contribution in [0, 0.1) is 5.92 Å². The van der Waals surface area contributed by atoms with Crippen LogP contribution >= 0.6 is 0 Å². The van der Waals surface area contributed by atoms with E-state index in [2.05, 4.69) is 0 Å². The highest BCUT2D eigenvalue weighted by molar-refractivity contribution is 6.60. The molecule has 0 saturated carbocycles. The summed E-state index contributed by atoms with van der Waals surface area (Å²) in [6.07, 6.45) is -10.9. The molecule has 0 aliphatic carbocycles. The van der Waals surface area contributed by atoms with Crippen molar-refractivity contribution in [3.63, 3.8) is 0 Å². The molecule has 122 valence electrons. The van der Waals surface area contributed by atoms with Gasteiger partial charge in [0.15, 0.2) is 5.92 Å². The molecule has 0 amide bonds. The van der Waals surface area contributed by atoms with Gasteiger partial charge in [-0.05, 0) is 20.8 Å². The Labute approximate surface area is 114 Å². The zero-order chi connectivity index (χ0) is 16.0. The minimum absolute atomic E-state index is 0.0886. The molecule has 0 radical (unpaired) electrons. The highest BCUT2D eigenvalue weighted by Crippen LogP contribution is 2.44. The molecular weight excluding hydrogens is 310 g/mol. The molecular formula is C10H18F6O3Si. The molecule has 20 heavy (non-hydrogen) atoms. The second kappa shape index (κ2) is 7.62. The molecule has 0 bridgehead atoms. The SMILES string of the molecule is CCO[Si](CC(C(F)(F)F)C(F)(F)F)(OCC)OCC. The lowest BCUT2D eigenvalue weighted by Crippen LogP contribution is -2.52. The maximum atomic E-state index is 12.6. The van der Waals surface area contributed by atoms with Crippen LogP contribution in [0.4, 0.5) is 26.3 Å². The maximum Gasteiger partial charge on any atom is 0.501 e. The smallest absolute Gasteiger partial charge is 0.374 e. The predicted octanol–water partition coefficient (Wildman–Crippen LogP) is 3.78. The van der Waals surface area contributed by atoms with E-state index in [9.17, 15) is 26.3 Å². The lowest BCUT2D eigenvalue weighted by Gasteiger charge is -2.33. The van der Waals surface area contributed by atoms with Crippen LogP contribution in [-0.2, 0) is 13.3 Å². The molecule has 0 aliphatic rings. The summed E-state index contributed by atoms with van der Waals surface area (Å²) in [5.41, 5.74) is 0. The maximum absolute atomic E-state index is 12.6. The van der Waals surface area contributed by atoms with Gasteiger partial charge in [0.1, 0.15) is 0 Å². The van der Waals surface area contributed by atoms with Gasteiger partial charge in [0, 0.05) is 25.9 Å². The van der Waals surface area contributed by atoms with Gasteiger partial charge in [-0.25, -0.2) is 0 Å². The second-order valence-electron chi connectivity index (χ2n) is 3.82. The Hall–Kier alpha value is -0.323. The van der Waals surface area contributed by atoms with E-state index in [1.807, 2.05) is 0 Å². The van der Waals surface area contributed by atoms with Crippen LogP contribution in [0.5, 0.6) is 0 Å². The van der Waals surface area contributed by atoms with Gasteiger partial charge in [0.2, 0.25) is 0 Å². The highest BCUT2D eigenvalue weighted by Gasteiger charge is 2.62. The van der Waals surface area contributed by atoms with Crippen molar-refractivity contribution < 1.29 is 39.6 Å². The third-order valence-electron chi connectivity index (χ3n) is 2.34. The molecule has 0 N–H and O–H groups in total. The van der Waals surface area contributed by atoms with Crippen molar-refractivity contribution in [3.05, 3.63) is 0 Å². The summed E-state index contributed by atoms with van der Waals surface area (Å²) in [4.78, 5) is 0. The van der Waals surface area contributed by atoms with Crippen LogP contribution in [0.2, 0.25) is 6.04 Å². The number of alkyl halides is 6. The van der Waals surface area contributed by atoms with Crippen LogP contribution in [0.15, 0.2) is 0 Å². The van der Waals surface area contributed by atoms with Gasteiger partial charge >= 0.3 is 21.2 Å². The van der Waals surface area contributed by atoms with Gasteiger partial charge in [-0.3, -0.25) is 0 Å². The second-order valence-corrected chi connectivity index (χ2v) is 6.46. The van der Waals surface area contributed by atoms with E-state index in [1.54, 1.807) is 0 Å². The van der Waals surface area contributed by atoms with E-state index in [0.717, 1.165) is 0 Å². The van der Waals surface area contributed by atoms with Crippen LogP contribution in [0.3, 0.4) is 0 Å². The summed E-state index contributed by atoms with van der Waals surface area (Å²) in [7, 11) is -4.02. The van der Waals surface area contributed by atoms with Gasteiger partial charge < -0.3 is 13.3 Å². The Bertz CT molecular complexity index is 250. The van der Waals surface area contributed by atoms with E-state index in [0.29, 0.717) is 0 Å². The molecule has 0 saturated heterocycles. The average molecular weight is 328 g/mol. The molecule has 0 spiro atoms. The largest absolute Gasteiger partial charge is 0.501 e. The summed E-state index contributed by atoms with van der Waals surface area (Å²) < 4.78 is 90.7. The summed E-state index contributed by atoms with van der Waals surface area (Å²) in [6, 6.07) is -1.37. The van der Waals surface area contributed by atoms with Crippen molar-refractivity contribution in [1.29, 1.82) is 0 Å². The van der Waals surface area contributed by atoms with Crippen molar-refractivity contribution in [2.75, 3.05) is 19.8 Å². The van der Waals surface area contributed by atoms with Crippen molar-refractivity contribution >= 4 is 8.80 Å². The predicted molar refractivity (Wildman–Crippen MR) is 61.0 cm³/mol. The first kappa shape index (κ1) is 19.7. The van der Waals surface area contributed by atoms with Gasteiger partial charge in [-0.1, -0.05) is 0 Å². The minimum Gasteiger partial charge on any atom is -0.374 e. The molecule has 0 aliphatic heterocycles. The number of rotatable bonds is 8. The Morgan fingerprint density at radius 2 is 1.05 bits per heavy atom. The average Bonchev–Trinajstić information content (AvgIpc) is 2.24. The molecule has 10 heteroatoms. The number of hydrogen-bond acceptors (Lipinski definition) is 3. The summed E-state index contributed by atoms with van der Waals surface area (Å²) >= 11 is 0. The highest BCUT2D eigenvalue weighted by atomic mass is 28.4. The first-order valence-electron chi connectivity index (χ1n) is 6.07.